The van der Waals surface area contributed by atoms with Gasteiger partial charge in [0.05, 0.1) is 11.6 Å². The Labute approximate surface area is 107 Å². The zero-order valence-electron chi connectivity index (χ0n) is 10.3. The van der Waals surface area contributed by atoms with Crippen molar-refractivity contribution in [2.24, 2.45) is 11.8 Å². The second-order valence-electron chi connectivity index (χ2n) is 5.50. The fourth-order valence-corrected chi connectivity index (χ4v) is 2.62. The van der Waals surface area contributed by atoms with Crippen molar-refractivity contribution in [1.29, 1.82) is 5.26 Å². The van der Waals surface area contributed by atoms with E-state index in [9.17, 15) is 4.39 Å². The van der Waals surface area contributed by atoms with Crippen LogP contribution in [0.2, 0.25) is 0 Å². The minimum atomic E-state index is -0.271. The molecule has 2 nitrogen and oxygen atoms in total. The van der Waals surface area contributed by atoms with Crippen LogP contribution in [0.5, 0.6) is 0 Å². The lowest BCUT2D eigenvalue weighted by Gasteiger charge is -2.17. The molecule has 0 bridgehead atoms. The van der Waals surface area contributed by atoms with Crippen molar-refractivity contribution in [3.63, 3.8) is 0 Å². The summed E-state index contributed by atoms with van der Waals surface area (Å²) in [5, 5.41) is 12.2. The van der Waals surface area contributed by atoms with Crippen molar-refractivity contribution >= 4 is 0 Å². The fourth-order valence-electron chi connectivity index (χ4n) is 2.62. The highest BCUT2D eigenvalue weighted by atomic mass is 19.1. The van der Waals surface area contributed by atoms with Crippen molar-refractivity contribution in [1.82, 2.24) is 5.32 Å². The summed E-state index contributed by atoms with van der Waals surface area (Å²) >= 11 is 0. The molecule has 2 fully saturated rings. The van der Waals surface area contributed by atoms with Gasteiger partial charge in [-0.3, -0.25) is 0 Å². The average molecular weight is 244 g/mol. The van der Waals surface area contributed by atoms with Crippen molar-refractivity contribution in [2.75, 3.05) is 0 Å². The summed E-state index contributed by atoms with van der Waals surface area (Å²) in [7, 11) is 0. The second kappa shape index (κ2) is 4.70. The minimum absolute atomic E-state index is 0.271. The van der Waals surface area contributed by atoms with Crippen LogP contribution in [0, 0.1) is 29.0 Å². The Hall–Kier alpha value is -1.40. The van der Waals surface area contributed by atoms with Crippen LogP contribution in [0.15, 0.2) is 18.2 Å². The summed E-state index contributed by atoms with van der Waals surface area (Å²) in [4.78, 5) is 0. The van der Waals surface area contributed by atoms with Crippen LogP contribution in [-0.2, 0) is 6.54 Å². The van der Waals surface area contributed by atoms with E-state index in [1.165, 1.54) is 31.7 Å². The van der Waals surface area contributed by atoms with Crippen LogP contribution in [0.1, 0.15) is 36.8 Å². The van der Waals surface area contributed by atoms with Crippen LogP contribution < -0.4 is 5.32 Å². The molecule has 2 aliphatic carbocycles. The number of nitrogens with zero attached hydrogens (tertiary/aromatic N) is 1. The fraction of sp³-hybridized carbons (Fsp3) is 0.533. The summed E-state index contributed by atoms with van der Waals surface area (Å²) in [5.41, 5.74) is 1.05. The van der Waals surface area contributed by atoms with E-state index in [-0.39, 0.29) is 5.82 Å². The molecular weight excluding hydrogens is 227 g/mol. The molecule has 2 aliphatic rings. The summed E-state index contributed by atoms with van der Waals surface area (Å²) in [6.07, 6.45) is 5.29. The lowest BCUT2D eigenvalue weighted by Crippen LogP contribution is -2.32. The molecule has 3 heteroatoms. The van der Waals surface area contributed by atoms with Gasteiger partial charge in [0, 0.05) is 18.2 Å². The highest BCUT2D eigenvalue weighted by molar-refractivity contribution is 5.32. The molecule has 0 aliphatic heterocycles. The molecule has 18 heavy (non-hydrogen) atoms. The maximum atomic E-state index is 13.7. The smallest absolute Gasteiger partial charge is 0.129 e. The van der Waals surface area contributed by atoms with Gasteiger partial charge in [0.1, 0.15) is 5.82 Å². The molecule has 3 rings (SSSR count). The van der Waals surface area contributed by atoms with Gasteiger partial charge in [0.25, 0.3) is 0 Å². The molecule has 0 radical (unpaired) electrons. The molecule has 0 heterocycles. The molecule has 2 saturated carbocycles. The molecule has 0 amide bonds. The topological polar surface area (TPSA) is 35.8 Å². The maximum absolute atomic E-state index is 13.7. The normalized spacial score (nSPS) is 18.9. The monoisotopic (exact) mass is 244 g/mol. The average Bonchev–Trinajstić information content (AvgIpc) is 3.25. The highest BCUT2D eigenvalue weighted by Gasteiger charge is 2.40. The zero-order valence-corrected chi connectivity index (χ0v) is 10.3. The first-order chi connectivity index (χ1) is 8.78. The molecular formula is C15H17FN2. The summed E-state index contributed by atoms with van der Waals surface area (Å²) in [6.45, 7) is 0.579. The number of nitrogens with one attached hydrogen (secondary N) is 1. The predicted octanol–water partition coefficient (Wildman–Crippen LogP) is 2.98. The Balaban J connectivity index is 1.63. The van der Waals surface area contributed by atoms with Crippen LogP contribution >= 0.6 is 0 Å². The Morgan fingerprint density at radius 1 is 1.28 bits per heavy atom. The van der Waals surface area contributed by atoms with E-state index in [1.54, 1.807) is 12.1 Å². The zero-order chi connectivity index (χ0) is 12.5. The minimum Gasteiger partial charge on any atom is -0.309 e. The number of hydrogen-bond acceptors (Lipinski definition) is 2. The van der Waals surface area contributed by atoms with Gasteiger partial charge in [0.2, 0.25) is 0 Å². The van der Waals surface area contributed by atoms with Gasteiger partial charge in [-0.2, -0.15) is 5.26 Å². The van der Waals surface area contributed by atoms with Crippen LogP contribution in [-0.4, -0.2) is 6.04 Å². The van der Waals surface area contributed by atoms with Crippen LogP contribution in [0.3, 0.4) is 0 Å². The predicted molar refractivity (Wildman–Crippen MR) is 67.2 cm³/mol. The molecule has 0 aromatic heterocycles. The molecule has 0 atom stereocenters. The quantitative estimate of drug-likeness (QED) is 0.864. The van der Waals surface area contributed by atoms with Gasteiger partial charge < -0.3 is 5.32 Å². The SMILES string of the molecule is N#Cc1ccc(CNC(C2CC2)C2CC2)c(F)c1. The summed E-state index contributed by atoms with van der Waals surface area (Å²) < 4.78 is 13.7. The van der Waals surface area contributed by atoms with Gasteiger partial charge in [-0.25, -0.2) is 4.39 Å². The van der Waals surface area contributed by atoms with Crippen molar-refractivity contribution < 1.29 is 4.39 Å². The first-order valence-electron chi connectivity index (χ1n) is 6.70. The van der Waals surface area contributed by atoms with E-state index in [1.807, 2.05) is 6.07 Å². The standard InChI is InChI=1S/C15H17FN2/c16-14-7-10(8-17)1-2-13(14)9-18-15(11-3-4-11)12-5-6-12/h1-2,7,11-12,15,18H,3-6,9H2. The van der Waals surface area contributed by atoms with Gasteiger partial charge in [-0.05, 0) is 49.7 Å². The van der Waals surface area contributed by atoms with E-state index < -0.39 is 0 Å². The Morgan fingerprint density at radius 3 is 2.44 bits per heavy atom. The molecule has 0 unspecified atom stereocenters. The van der Waals surface area contributed by atoms with E-state index in [0.717, 1.165) is 11.8 Å². The van der Waals surface area contributed by atoms with Crippen molar-refractivity contribution in [3.05, 3.63) is 35.1 Å². The number of rotatable bonds is 5. The summed E-state index contributed by atoms with van der Waals surface area (Å²) in [6, 6.07) is 7.26. The number of halogens is 1. The Kier molecular flexibility index (Phi) is 3.05. The first-order valence-corrected chi connectivity index (χ1v) is 6.70. The van der Waals surface area contributed by atoms with Crippen molar-refractivity contribution in [2.45, 2.75) is 38.3 Å². The van der Waals surface area contributed by atoms with E-state index in [4.69, 9.17) is 5.26 Å². The van der Waals surface area contributed by atoms with Crippen LogP contribution in [0.25, 0.3) is 0 Å². The first kappa shape index (κ1) is 11.7. The third kappa shape index (κ3) is 2.54. The molecule has 1 N–H and O–H groups in total. The van der Waals surface area contributed by atoms with Gasteiger partial charge in [-0.1, -0.05) is 6.07 Å². The molecule has 0 spiro atoms. The van der Waals surface area contributed by atoms with E-state index >= 15 is 0 Å². The number of nitriles is 1. The van der Waals surface area contributed by atoms with Gasteiger partial charge in [0.15, 0.2) is 0 Å². The molecule has 94 valence electrons. The number of hydrogen-bond donors (Lipinski definition) is 1. The van der Waals surface area contributed by atoms with Crippen LogP contribution in [0.4, 0.5) is 4.39 Å². The lowest BCUT2D eigenvalue weighted by molar-refractivity contribution is 0.411. The van der Waals surface area contributed by atoms with Gasteiger partial charge in [-0.15, -0.1) is 0 Å². The molecule has 1 aromatic rings. The highest BCUT2D eigenvalue weighted by Crippen LogP contribution is 2.44. The van der Waals surface area contributed by atoms with Gasteiger partial charge >= 0.3 is 0 Å². The molecule has 0 saturated heterocycles. The number of benzene rings is 1. The molecule has 1 aromatic carbocycles. The van der Waals surface area contributed by atoms with E-state index in [0.29, 0.717) is 23.7 Å². The Morgan fingerprint density at radius 2 is 1.94 bits per heavy atom. The summed E-state index contributed by atoms with van der Waals surface area (Å²) in [5.74, 6) is 1.37. The maximum Gasteiger partial charge on any atom is 0.129 e. The van der Waals surface area contributed by atoms with E-state index in [2.05, 4.69) is 5.32 Å². The third-order valence-electron chi connectivity index (χ3n) is 3.97. The lowest BCUT2D eigenvalue weighted by atomic mass is 10.1. The second-order valence-corrected chi connectivity index (χ2v) is 5.50. The van der Waals surface area contributed by atoms with Crippen molar-refractivity contribution in [3.8, 4) is 6.07 Å². The largest absolute Gasteiger partial charge is 0.309 e. The Bertz CT molecular complexity index is 472. The third-order valence-corrected chi connectivity index (χ3v) is 3.97.